The lowest BCUT2D eigenvalue weighted by atomic mass is 10.1. The molecule has 0 bridgehead atoms. The van der Waals surface area contributed by atoms with Crippen molar-refractivity contribution in [1.29, 1.82) is 0 Å². The van der Waals surface area contributed by atoms with Gasteiger partial charge < -0.3 is 19.8 Å². The van der Waals surface area contributed by atoms with Crippen molar-refractivity contribution in [3.63, 3.8) is 0 Å². The van der Waals surface area contributed by atoms with Gasteiger partial charge in [-0.3, -0.25) is 14.9 Å². The first-order chi connectivity index (χ1) is 9.92. The molecule has 1 saturated heterocycles. The van der Waals surface area contributed by atoms with Crippen LogP contribution >= 0.6 is 0 Å². The van der Waals surface area contributed by atoms with Crippen molar-refractivity contribution in [3.8, 4) is 5.75 Å². The van der Waals surface area contributed by atoms with Crippen molar-refractivity contribution in [2.45, 2.75) is 19.1 Å². The number of hydrogen-bond acceptors (Lipinski definition) is 6. The molecule has 1 fully saturated rings. The minimum Gasteiger partial charge on any atom is -0.502 e. The molecule has 0 spiro atoms. The minimum atomic E-state index is -0.720. The van der Waals surface area contributed by atoms with Crippen LogP contribution in [-0.2, 0) is 4.74 Å². The number of aromatic hydroxyl groups is 1. The zero-order valence-electron chi connectivity index (χ0n) is 11.4. The van der Waals surface area contributed by atoms with E-state index < -0.39 is 22.5 Å². The predicted octanol–water partition coefficient (Wildman–Crippen LogP) is 0.522. The molecule has 8 nitrogen and oxygen atoms in total. The van der Waals surface area contributed by atoms with Gasteiger partial charge in [0.05, 0.1) is 23.7 Å². The number of phenolic OH excluding ortho intramolecular Hbond substituents is 1. The Kier molecular flexibility index (Phi) is 4.39. The minimum absolute atomic E-state index is 0.156. The highest BCUT2D eigenvalue weighted by Crippen LogP contribution is 2.27. The van der Waals surface area contributed by atoms with E-state index in [4.69, 9.17) is 9.84 Å². The third-order valence-electron chi connectivity index (χ3n) is 3.24. The number of benzene rings is 1. The maximum absolute atomic E-state index is 12.3. The summed E-state index contributed by atoms with van der Waals surface area (Å²) in [5.74, 6) is -0.917. The summed E-state index contributed by atoms with van der Waals surface area (Å²) >= 11 is 0. The summed E-state index contributed by atoms with van der Waals surface area (Å²) in [6, 6.07) is 3.47. The lowest BCUT2D eigenvalue weighted by molar-refractivity contribution is -0.385. The molecule has 2 N–H and O–H groups in total. The molecule has 8 heteroatoms. The van der Waals surface area contributed by atoms with E-state index in [1.807, 2.05) is 0 Å². The first-order valence-electron chi connectivity index (χ1n) is 6.45. The fourth-order valence-corrected chi connectivity index (χ4v) is 2.31. The predicted molar refractivity (Wildman–Crippen MR) is 72.1 cm³/mol. The Hall–Kier alpha value is -2.19. The molecule has 0 aromatic heterocycles. The van der Waals surface area contributed by atoms with Crippen molar-refractivity contribution < 1.29 is 24.7 Å². The quantitative estimate of drug-likeness (QED) is 0.621. The number of aliphatic hydroxyl groups excluding tert-OH is 1. The van der Waals surface area contributed by atoms with E-state index >= 15 is 0 Å². The Morgan fingerprint density at radius 3 is 2.81 bits per heavy atom. The number of nitrogens with zero attached hydrogens (tertiary/aromatic N) is 2. The maximum atomic E-state index is 12.3. The fraction of sp³-hybridized carbons (Fsp3) is 0.462. The van der Waals surface area contributed by atoms with Gasteiger partial charge in [0.2, 0.25) is 0 Å². The number of ether oxygens (including phenoxy) is 1. The molecular weight excluding hydrogens is 280 g/mol. The lowest BCUT2D eigenvalue weighted by Gasteiger charge is -2.36. The van der Waals surface area contributed by atoms with E-state index in [9.17, 15) is 20.0 Å². The van der Waals surface area contributed by atoms with Crippen LogP contribution < -0.4 is 0 Å². The molecule has 1 aromatic rings. The van der Waals surface area contributed by atoms with Crippen LogP contribution in [0.2, 0.25) is 0 Å². The molecule has 1 aliphatic rings. The zero-order valence-corrected chi connectivity index (χ0v) is 11.4. The van der Waals surface area contributed by atoms with Crippen LogP contribution in [0.15, 0.2) is 18.2 Å². The number of carbonyl (C=O) groups is 1. The van der Waals surface area contributed by atoms with Gasteiger partial charge in [-0.05, 0) is 19.1 Å². The van der Waals surface area contributed by atoms with Crippen LogP contribution in [0.3, 0.4) is 0 Å². The van der Waals surface area contributed by atoms with E-state index in [2.05, 4.69) is 0 Å². The summed E-state index contributed by atoms with van der Waals surface area (Å²) < 4.78 is 5.44. The van der Waals surface area contributed by atoms with Crippen LogP contribution in [0.5, 0.6) is 5.75 Å². The Bertz CT molecular complexity index is 562. The van der Waals surface area contributed by atoms with Crippen molar-refractivity contribution in [2.24, 2.45) is 0 Å². The molecule has 1 amide bonds. The third-order valence-corrected chi connectivity index (χ3v) is 3.24. The molecule has 2 unspecified atom stereocenters. The number of carbonyl (C=O) groups excluding carboxylic acids is 1. The van der Waals surface area contributed by atoms with Crippen LogP contribution in [-0.4, -0.2) is 57.8 Å². The van der Waals surface area contributed by atoms with E-state index in [1.165, 1.54) is 11.0 Å². The van der Waals surface area contributed by atoms with Crippen molar-refractivity contribution in [2.75, 3.05) is 19.7 Å². The molecule has 114 valence electrons. The Balaban J connectivity index is 2.19. The van der Waals surface area contributed by atoms with Gasteiger partial charge in [-0.1, -0.05) is 0 Å². The number of phenols is 1. The normalized spacial score (nSPS) is 22.1. The molecule has 21 heavy (non-hydrogen) atoms. The van der Waals surface area contributed by atoms with Crippen LogP contribution in [0.1, 0.15) is 17.3 Å². The molecule has 0 radical (unpaired) electrons. The number of nitro benzene ring substituents is 1. The Labute approximate surface area is 120 Å². The summed E-state index contributed by atoms with van der Waals surface area (Å²) in [6.45, 7) is 2.18. The second-order valence-electron chi connectivity index (χ2n) is 4.92. The standard InChI is InChI=1S/C13H16N2O6/c1-8-5-14(6-10(7-16)21-8)13(18)9-2-3-11(15(19)20)12(17)4-9/h2-4,8,10,16-17H,5-7H2,1H3. The van der Waals surface area contributed by atoms with Gasteiger partial charge in [-0.15, -0.1) is 0 Å². The molecular formula is C13H16N2O6. The van der Waals surface area contributed by atoms with E-state index in [1.54, 1.807) is 6.92 Å². The highest BCUT2D eigenvalue weighted by Gasteiger charge is 2.29. The second kappa shape index (κ2) is 6.06. The SMILES string of the molecule is CC1CN(C(=O)c2ccc([N+](=O)[O-])c(O)c2)CC(CO)O1. The topological polar surface area (TPSA) is 113 Å². The molecule has 1 heterocycles. The smallest absolute Gasteiger partial charge is 0.310 e. The number of aliphatic hydroxyl groups is 1. The summed E-state index contributed by atoms with van der Waals surface area (Å²) in [6.07, 6.45) is -0.671. The van der Waals surface area contributed by atoms with E-state index in [0.29, 0.717) is 6.54 Å². The Morgan fingerprint density at radius 1 is 1.52 bits per heavy atom. The average molecular weight is 296 g/mol. The van der Waals surface area contributed by atoms with Crippen LogP contribution in [0, 0.1) is 10.1 Å². The van der Waals surface area contributed by atoms with Gasteiger partial charge in [-0.25, -0.2) is 0 Å². The second-order valence-corrected chi connectivity index (χ2v) is 4.92. The van der Waals surface area contributed by atoms with Crippen molar-refractivity contribution in [1.82, 2.24) is 4.90 Å². The molecule has 0 saturated carbocycles. The highest BCUT2D eigenvalue weighted by atomic mass is 16.6. The molecule has 1 aromatic carbocycles. The van der Waals surface area contributed by atoms with Crippen LogP contribution in [0.25, 0.3) is 0 Å². The first-order valence-corrected chi connectivity index (χ1v) is 6.45. The number of nitro groups is 1. The number of morpholine rings is 1. The van der Waals surface area contributed by atoms with Gasteiger partial charge in [0.1, 0.15) is 0 Å². The number of hydrogen-bond donors (Lipinski definition) is 2. The van der Waals surface area contributed by atoms with E-state index in [-0.39, 0.29) is 30.7 Å². The molecule has 2 rings (SSSR count). The molecule has 2 atom stereocenters. The largest absolute Gasteiger partial charge is 0.502 e. The van der Waals surface area contributed by atoms with Gasteiger partial charge in [-0.2, -0.15) is 0 Å². The average Bonchev–Trinajstić information content (AvgIpc) is 2.45. The van der Waals surface area contributed by atoms with Gasteiger partial charge >= 0.3 is 5.69 Å². The summed E-state index contributed by atoms with van der Waals surface area (Å²) in [7, 11) is 0. The van der Waals surface area contributed by atoms with Gasteiger partial charge in [0.25, 0.3) is 5.91 Å². The third kappa shape index (κ3) is 3.29. The number of amides is 1. The maximum Gasteiger partial charge on any atom is 0.310 e. The van der Waals surface area contributed by atoms with Gasteiger partial charge in [0, 0.05) is 24.7 Å². The van der Waals surface area contributed by atoms with E-state index in [0.717, 1.165) is 12.1 Å². The lowest BCUT2D eigenvalue weighted by Crippen LogP contribution is -2.50. The zero-order chi connectivity index (χ0) is 15.6. The van der Waals surface area contributed by atoms with Crippen molar-refractivity contribution in [3.05, 3.63) is 33.9 Å². The monoisotopic (exact) mass is 296 g/mol. The summed E-state index contributed by atoms with van der Waals surface area (Å²) in [4.78, 5) is 23.8. The van der Waals surface area contributed by atoms with Gasteiger partial charge in [0.15, 0.2) is 5.75 Å². The number of rotatable bonds is 3. The van der Waals surface area contributed by atoms with Crippen LogP contribution in [0.4, 0.5) is 5.69 Å². The summed E-state index contributed by atoms with van der Waals surface area (Å²) in [5, 5.41) is 29.4. The van der Waals surface area contributed by atoms with Crippen molar-refractivity contribution >= 4 is 11.6 Å². The fourth-order valence-electron chi connectivity index (χ4n) is 2.31. The first kappa shape index (κ1) is 15.2. The molecule has 0 aliphatic carbocycles. The molecule has 1 aliphatic heterocycles. The highest BCUT2D eigenvalue weighted by molar-refractivity contribution is 5.95. The summed E-state index contributed by atoms with van der Waals surface area (Å²) in [5.41, 5.74) is -0.293. The Morgan fingerprint density at radius 2 is 2.24 bits per heavy atom.